The molecule has 0 fully saturated rings. The molecular formula is C9H16S3. The van der Waals surface area contributed by atoms with Crippen molar-refractivity contribution in [2.45, 2.75) is 13.3 Å². The minimum Gasteiger partial charge on any atom is -0.154 e. The summed E-state index contributed by atoms with van der Waals surface area (Å²) >= 11 is 1.89. The Labute approximate surface area is 88.0 Å². The largest absolute Gasteiger partial charge is 0.154 e. The molecule has 3 heteroatoms. The number of hydrogen-bond acceptors (Lipinski definition) is 3. The van der Waals surface area contributed by atoms with Gasteiger partial charge in [0.2, 0.25) is 0 Å². The van der Waals surface area contributed by atoms with Crippen LogP contribution in [0.2, 0.25) is 0 Å². The molecule has 0 spiro atoms. The van der Waals surface area contributed by atoms with E-state index in [-0.39, 0.29) is 0 Å². The van der Waals surface area contributed by atoms with Crippen molar-refractivity contribution in [1.29, 1.82) is 0 Å². The van der Waals surface area contributed by atoms with Gasteiger partial charge < -0.3 is 0 Å². The summed E-state index contributed by atoms with van der Waals surface area (Å²) in [5.41, 5.74) is 0. The van der Waals surface area contributed by atoms with Crippen LogP contribution in [0.1, 0.15) is 13.3 Å². The highest BCUT2D eigenvalue weighted by atomic mass is 33.1. The molecular weight excluding hydrogens is 204 g/mol. The van der Waals surface area contributed by atoms with E-state index < -0.39 is 0 Å². The van der Waals surface area contributed by atoms with Crippen LogP contribution in [0, 0.1) is 0 Å². The van der Waals surface area contributed by atoms with Gasteiger partial charge in [-0.2, -0.15) is 11.8 Å². The fraction of sp³-hybridized carbons (Fsp3) is 0.556. The molecule has 0 saturated carbocycles. The lowest BCUT2D eigenvalue weighted by Gasteiger charge is -1.91. The first-order valence-electron chi connectivity index (χ1n) is 4.03. The molecule has 0 amide bonds. The van der Waals surface area contributed by atoms with Crippen molar-refractivity contribution in [2.75, 3.05) is 17.3 Å². The molecule has 0 saturated heterocycles. The lowest BCUT2D eigenvalue weighted by atomic mass is 10.6. The van der Waals surface area contributed by atoms with Crippen LogP contribution in [-0.4, -0.2) is 17.3 Å². The number of rotatable bonds is 8. The molecule has 0 rings (SSSR count). The van der Waals surface area contributed by atoms with E-state index in [1.165, 1.54) is 12.2 Å². The van der Waals surface area contributed by atoms with Crippen LogP contribution in [0.15, 0.2) is 24.1 Å². The van der Waals surface area contributed by atoms with E-state index in [9.17, 15) is 0 Å². The summed E-state index contributed by atoms with van der Waals surface area (Å²) in [6.07, 6.45) is 5.41. The average Bonchev–Trinajstić information content (AvgIpc) is 2.10. The maximum Gasteiger partial charge on any atom is 0.0124 e. The SMILES string of the molecule is C=CCSC/C=C\SSCCC. The van der Waals surface area contributed by atoms with Gasteiger partial charge in [-0.05, 0) is 11.8 Å². The third-order valence-corrected chi connectivity index (χ3v) is 4.11. The van der Waals surface area contributed by atoms with Crippen molar-refractivity contribution in [3.8, 4) is 0 Å². The summed E-state index contributed by atoms with van der Waals surface area (Å²) in [6.45, 7) is 5.87. The molecule has 0 aliphatic rings. The molecule has 0 aliphatic carbocycles. The second-order valence-electron chi connectivity index (χ2n) is 2.12. The Morgan fingerprint density at radius 3 is 2.83 bits per heavy atom. The van der Waals surface area contributed by atoms with Crippen molar-refractivity contribution < 1.29 is 0 Å². The van der Waals surface area contributed by atoms with Crippen LogP contribution in [0.5, 0.6) is 0 Å². The van der Waals surface area contributed by atoms with Gasteiger partial charge in [0.1, 0.15) is 0 Å². The molecule has 0 atom stereocenters. The van der Waals surface area contributed by atoms with Gasteiger partial charge in [0.25, 0.3) is 0 Å². The van der Waals surface area contributed by atoms with Gasteiger partial charge in [0, 0.05) is 17.3 Å². The first-order valence-corrected chi connectivity index (χ1v) is 7.57. The second-order valence-corrected chi connectivity index (χ2v) is 5.58. The predicted molar refractivity (Wildman–Crippen MR) is 67.0 cm³/mol. The summed E-state index contributed by atoms with van der Waals surface area (Å²) in [7, 11) is 3.75. The quantitative estimate of drug-likeness (QED) is 0.342. The van der Waals surface area contributed by atoms with Gasteiger partial charge in [-0.15, -0.1) is 6.58 Å². The zero-order valence-corrected chi connectivity index (χ0v) is 9.94. The molecule has 0 bridgehead atoms. The zero-order chi connectivity index (χ0) is 9.07. The van der Waals surface area contributed by atoms with E-state index in [2.05, 4.69) is 25.0 Å². The summed E-state index contributed by atoms with van der Waals surface area (Å²) in [6, 6.07) is 0. The molecule has 12 heavy (non-hydrogen) atoms. The van der Waals surface area contributed by atoms with Crippen LogP contribution >= 0.6 is 33.3 Å². The van der Waals surface area contributed by atoms with Crippen molar-refractivity contribution >= 4 is 33.3 Å². The molecule has 0 aromatic rings. The summed E-state index contributed by atoms with van der Waals surface area (Å²) < 4.78 is 0. The van der Waals surface area contributed by atoms with Crippen molar-refractivity contribution in [3.05, 3.63) is 24.1 Å². The lowest BCUT2D eigenvalue weighted by Crippen LogP contribution is -1.71. The van der Waals surface area contributed by atoms with Crippen LogP contribution in [0.3, 0.4) is 0 Å². The molecule has 0 aromatic carbocycles. The summed E-state index contributed by atoms with van der Waals surface area (Å²) in [5.74, 6) is 3.40. The minimum atomic E-state index is 1.05. The number of hydrogen-bond donors (Lipinski definition) is 0. The van der Waals surface area contributed by atoms with Crippen LogP contribution in [-0.2, 0) is 0 Å². The Balaban J connectivity index is 2.98. The molecule has 0 aromatic heterocycles. The summed E-state index contributed by atoms with van der Waals surface area (Å²) in [4.78, 5) is 0. The number of thioether (sulfide) groups is 1. The van der Waals surface area contributed by atoms with Crippen LogP contribution in [0.25, 0.3) is 0 Å². The zero-order valence-electron chi connectivity index (χ0n) is 7.49. The Bertz CT molecular complexity index is 121. The molecule has 0 aliphatic heterocycles. The highest BCUT2D eigenvalue weighted by Gasteiger charge is 1.82. The molecule has 0 heterocycles. The first kappa shape index (κ1) is 12.5. The molecule has 0 N–H and O–H groups in total. The Hall–Kier alpha value is 0.530. The fourth-order valence-electron chi connectivity index (χ4n) is 0.469. The van der Waals surface area contributed by atoms with E-state index in [1.54, 1.807) is 0 Å². The summed E-state index contributed by atoms with van der Waals surface area (Å²) in [5, 5.41) is 2.18. The standard InChI is InChI=1S/C9H16S3/c1-3-6-10-8-5-9-12-11-7-4-2/h3,5,9H,1,4,6-8H2,2H3/b9-5-. The third-order valence-electron chi connectivity index (χ3n) is 0.957. The minimum absolute atomic E-state index is 1.05. The highest BCUT2D eigenvalue weighted by molar-refractivity contribution is 8.77. The van der Waals surface area contributed by atoms with Gasteiger partial charge in [-0.1, -0.05) is 40.7 Å². The van der Waals surface area contributed by atoms with Gasteiger partial charge in [-0.3, -0.25) is 0 Å². The van der Waals surface area contributed by atoms with E-state index >= 15 is 0 Å². The third kappa shape index (κ3) is 10.5. The maximum atomic E-state index is 3.66. The lowest BCUT2D eigenvalue weighted by molar-refractivity contribution is 1.11. The van der Waals surface area contributed by atoms with Crippen molar-refractivity contribution in [3.63, 3.8) is 0 Å². The highest BCUT2D eigenvalue weighted by Crippen LogP contribution is 2.22. The average molecular weight is 220 g/mol. The van der Waals surface area contributed by atoms with E-state index in [0.717, 1.165) is 11.5 Å². The van der Waals surface area contributed by atoms with Gasteiger partial charge in [-0.25, -0.2) is 0 Å². The van der Waals surface area contributed by atoms with Crippen molar-refractivity contribution in [2.24, 2.45) is 0 Å². The molecule has 0 radical (unpaired) electrons. The topological polar surface area (TPSA) is 0 Å². The van der Waals surface area contributed by atoms with E-state index in [4.69, 9.17) is 0 Å². The van der Waals surface area contributed by atoms with Gasteiger partial charge >= 0.3 is 0 Å². The molecule has 0 nitrogen and oxygen atoms in total. The Morgan fingerprint density at radius 2 is 2.17 bits per heavy atom. The van der Waals surface area contributed by atoms with E-state index in [0.29, 0.717) is 0 Å². The van der Waals surface area contributed by atoms with E-state index in [1.807, 2.05) is 39.4 Å². The maximum absolute atomic E-state index is 3.66. The monoisotopic (exact) mass is 220 g/mol. The molecule has 0 unspecified atom stereocenters. The van der Waals surface area contributed by atoms with Gasteiger partial charge in [0.05, 0.1) is 0 Å². The van der Waals surface area contributed by atoms with Gasteiger partial charge in [0.15, 0.2) is 0 Å². The predicted octanol–water partition coefficient (Wildman–Crippen LogP) is 4.21. The normalized spacial score (nSPS) is 10.8. The van der Waals surface area contributed by atoms with Crippen molar-refractivity contribution in [1.82, 2.24) is 0 Å². The van der Waals surface area contributed by atoms with Crippen LogP contribution < -0.4 is 0 Å². The molecule has 70 valence electrons. The second kappa shape index (κ2) is 11.5. The Kier molecular flexibility index (Phi) is 12.0. The first-order chi connectivity index (χ1) is 5.91. The smallest absolute Gasteiger partial charge is 0.0124 e. The van der Waals surface area contributed by atoms with Crippen LogP contribution in [0.4, 0.5) is 0 Å². The Morgan fingerprint density at radius 1 is 1.33 bits per heavy atom. The fourth-order valence-corrected chi connectivity index (χ4v) is 2.90.